The largest absolute Gasteiger partial charge is 0.508 e. The third-order valence-corrected chi connectivity index (χ3v) is 2.80. The highest BCUT2D eigenvalue weighted by molar-refractivity contribution is 9.10. The molecule has 0 radical (unpaired) electrons. The molecule has 0 fully saturated rings. The fraction of sp³-hybridized carbons (Fsp3) is 0.0769. The van der Waals surface area contributed by atoms with Crippen molar-refractivity contribution in [3.8, 4) is 5.75 Å². The summed E-state index contributed by atoms with van der Waals surface area (Å²) in [5, 5.41) is 9.42. The predicted octanol–water partition coefficient (Wildman–Crippen LogP) is 2.49. The Kier molecular flexibility index (Phi) is 4.01. The van der Waals surface area contributed by atoms with E-state index in [-0.39, 0.29) is 23.7 Å². The number of benzene rings is 1. The molecule has 0 aliphatic heterocycles. The average molecular weight is 323 g/mol. The maximum absolute atomic E-state index is 11.8. The van der Waals surface area contributed by atoms with Crippen LogP contribution in [0.25, 0.3) is 0 Å². The fourth-order valence-electron chi connectivity index (χ4n) is 1.52. The molecule has 1 heterocycles. The number of aromatic hydroxyl groups is 1. The zero-order valence-electron chi connectivity index (χ0n) is 9.84. The number of hydrogen-bond donors (Lipinski definition) is 2. The number of anilines is 1. The Labute approximate surface area is 118 Å². The van der Waals surface area contributed by atoms with Crippen molar-refractivity contribution < 1.29 is 14.6 Å². The molecule has 0 saturated carbocycles. The SMILES string of the molecule is Nc1cccnc1C(=O)OCc1cc(O)cc(Br)c1. The fourth-order valence-corrected chi connectivity index (χ4v) is 2.05. The van der Waals surface area contributed by atoms with E-state index in [1.807, 2.05) is 0 Å². The van der Waals surface area contributed by atoms with E-state index in [0.29, 0.717) is 10.0 Å². The number of ether oxygens (including phenoxy) is 1. The third-order valence-electron chi connectivity index (χ3n) is 2.34. The lowest BCUT2D eigenvalue weighted by atomic mass is 10.2. The van der Waals surface area contributed by atoms with Crippen molar-refractivity contribution in [3.05, 3.63) is 52.3 Å². The Morgan fingerprint density at radius 1 is 1.42 bits per heavy atom. The second kappa shape index (κ2) is 5.71. The number of carbonyl (C=O) groups excluding carboxylic acids is 1. The quantitative estimate of drug-likeness (QED) is 0.848. The molecule has 98 valence electrons. The van der Waals surface area contributed by atoms with E-state index in [9.17, 15) is 9.90 Å². The lowest BCUT2D eigenvalue weighted by Gasteiger charge is -2.07. The molecule has 3 N–H and O–H groups in total. The number of carbonyl (C=O) groups is 1. The molecule has 2 rings (SSSR count). The number of nitrogen functional groups attached to an aromatic ring is 1. The number of aromatic nitrogens is 1. The van der Waals surface area contributed by atoms with Gasteiger partial charge in [0.05, 0.1) is 5.69 Å². The second-order valence-electron chi connectivity index (χ2n) is 3.84. The number of phenolic OH excluding ortho intramolecular Hbond substituents is 1. The summed E-state index contributed by atoms with van der Waals surface area (Å²) in [6.45, 7) is 0.0296. The summed E-state index contributed by atoms with van der Waals surface area (Å²) in [5.74, 6) is -0.504. The first-order valence-electron chi connectivity index (χ1n) is 5.42. The Hall–Kier alpha value is -2.08. The molecule has 0 spiro atoms. The summed E-state index contributed by atoms with van der Waals surface area (Å²) in [5.41, 5.74) is 6.64. The van der Waals surface area contributed by atoms with Crippen LogP contribution in [0.1, 0.15) is 16.1 Å². The first kappa shape index (κ1) is 13.4. The molecule has 1 aromatic heterocycles. The van der Waals surface area contributed by atoms with E-state index >= 15 is 0 Å². The number of nitrogens with zero attached hydrogens (tertiary/aromatic N) is 1. The van der Waals surface area contributed by atoms with Gasteiger partial charge in [-0.05, 0) is 35.9 Å². The molecule has 2 aromatic rings. The van der Waals surface area contributed by atoms with Crippen LogP contribution in [-0.4, -0.2) is 16.1 Å². The molecule has 6 heteroatoms. The molecular formula is C13H11BrN2O3. The van der Waals surface area contributed by atoms with Gasteiger partial charge >= 0.3 is 5.97 Å². The summed E-state index contributed by atoms with van der Waals surface area (Å²) in [7, 11) is 0. The Balaban J connectivity index is 2.07. The normalized spacial score (nSPS) is 10.2. The van der Waals surface area contributed by atoms with Crippen molar-refractivity contribution in [3.63, 3.8) is 0 Å². The van der Waals surface area contributed by atoms with Crippen LogP contribution in [0.3, 0.4) is 0 Å². The van der Waals surface area contributed by atoms with E-state index < -0.39 is 5.97 Å². The maximum Gasteiger partial charge on any atom is 0.359 e. The van der Waals surface area contributed by atoms with Crippen molar-refractivity contribution in [1.29, 1.82) is 0 Å². The van der Waals surface area contributed by atoms with Crippen molar-refractivity contribution in [2.45, 2.75) is 6.61 Å². The highest BCUT2D eigenvalue weighted by Crippen LogP contribution is 2.21. The van der Waals surface area contributed by atoms with E-state index in [2.05, 4.69) is 20.9 Å². The van der Waals surface area contributed by atoms with Crippen LogP contribution in [-0.2, 0) is 11.3 Å². The number of esters is 1. The van der Waals surface area contributed by atoms with Gasteiger partial charge in [-0.3, -0.25) is 0 Å². The molecule has 0 saturated heterocycles. The van der Waals surface area contributed by atoms with Crippen molar-refractivity contribution in [2.24, 2.45) is 0 Å². The zero-order chi connectivity index (χ0) is 13.8. The van der Waals surface area contributed by atoms with Gasteiger partial charge in [0.1, 0.15) is 12.4 Å². The first-order chi connectivity index (χ1) is 9.06. The van der Waals surface area contributed by atoms with Gasteiger partial charge in [-0.2, -0.15) is 0 Å². The topological polar surface area (TPSA) is 85.4 Å². The molecule has 5 nitrogen and oxygen atoms in total. The van der Waals surface area contributed by atoms with Crippen LogP contribution in [0.4, 0.5) is 5.69 Å². The van der Waals surface area contributed by atoms with E-state index in [0.717, 1.165) is 0 Å². The first-order valence-corrected chi connectivity index (χ1v) is 6.21. The van der Waals surface area contributed by atoms with Gasteiger partial charge in [-0.25, -0.2) is 9.78 Å². The Morgan fingerprint density at radius 3 is 2.89 bits per heavy atom. The molecule has 19 heavy (non-hydrogen) atoms. The highest BCUT2D eigenvalue weighted by Gasteiger charge is 2.12. The summed E-state index contributed by atoms with van der Waals surface area (Å²) in [6, 6.07) is 8.02. The maximum atomic E-state index is 11.8. The summed E-state index contributed by atoms with van der Waals surface area (Å²) < 4.78 is 5.80. The predicted molar refractivity (Wildman–Crippen MR) is 73.6 cm³/mol. The number of nitrogens with two attached hydrogens (primary N) is 1. The lowest BCUT2D eigenvalue weighted by molar-refractivity contribution is 0.0466. The average Bonchev–Trinajstić information content (AvgIpc) is 2.35. The number of phenols is 1. The third kappa shape index (κ3) is 3.45. The number of rotatable bonds is 3. The van der Waals surface area contributed by atoms with Crippen LogP contribution in [0, 0.1) is 0 Å². The van der Waals surface area contributed by atoms with Gasteiger partial charge in [0.2, 0.25) is 0 Å². The van der Waals surface area contributed by atoms with E-state index in [1.165, 1.54) is 12.3 Å². The number of hydrogen-bond acceptors (Lipinski definition) is 5. The molecule has 0 unspecified atom stereocenters. The molecule has 0 bridgehead atoms. The second-order valence-corrected chi connectivity index (χ2v) is 4.75. The summed E-state index contributed by atoms with van der Waals surface area (Å²) in [6.07, 6.45) is 1.47. The van der Waals surface area contributed by atoms with Gasteiger partial charge in [0.15, 0.2) is 5.69 Å². The minimum Gasteiger partial charge on any atom is -0.508 e. The molecular weight excluding hydrogens is 312 g/mol. The molecule has 1 aromatic carbocycles. The zero-order valence-corrected chi connectivity index (χ0v) is 11.4. The lowest BCUT2D eigenvalue weighted by Crippen LogP contribution is -2.10. The Morgan fingerprint density at radius 2 is 2.21 bits per heavy atom. The van der Waals surface area contributed by atoms with Crippen LogP contribution in [0.15, 0.2) is 41.0 Å². The van der Waals surface area contributed by atoms with Gasteiger partial charge in [0, 0.05) is 10.7 Å². The van der Waals surface area contributed by atoms with Crippen LogP contribution in [0.5, 0.6) is 5.75 Å². The van der Waals surface area contributed by atoms with Crippen LogP contribution >= 0.6 is 15.9 Å². The molecule has 0 aliphatic carbocycles. The van der Waals surface area contributed by atoms with Crippen molar-refractivity contribution in [2.75, 3.05) is 5.73 Å². The molecule has 0 amide bonds. The highest BCUT2D eigenvalue weighted by atomic mass is 79.9. The standard InChI is InChI=1S/C13H11BrN2O3/c14-9-4-8(5-10(17)6-9)7-19-13(18)12-11(15)2-1-3-16-12/h1-6,17H,7,15H2. The van der Waals surface area contributed by atoms with Gasteiger partial charge in [-0.1, -0.05) is 15.9 Å². The van der Waals surface area contributed by atoms with Crippen molar-refractivity contribution in [1.82, 2.24) is 4.98 Å². The number of pyridine rings is 1. The van der Waals surface area contributed by atoms with Crippen LogP contribution < -0.4 is 5.73 Å². The number of halogens is 1. The van der Waals surface area contributed by atoms with E-state index in [1.54, 1.807) is 24.3 Å². The van der Waals surface area contributed by atoms with Gasteiger partial charge < -0.3 is 15.6 Å². The monoisotopic (exact) mass is 322 g/mol. The minimum atomic E-state index is -0.599. The Bertz CT molecular complexity index is 596. The van der Waals surface area contributed by atoms with Crippen LogP contribution in [0.2, 0.25) is 0 Å². The minimum absolute atomic E-state index is 0.0296. The van der Waals surface area contributed by atoms with E-state index in [4.69, 9.17) is 10.5 Å². The summed E-state index contributed by atoms with van der Waals surface area (Å²) >= 11 is 3.24. The van der Waals surface area contributed by atoms with Crippen molar-refractivity contribution >= 4 is 27.6 Å². The molecule has 0 atom stereocenters. The van der Waals surface area contributed by atoms with Gasteiger partial charge in [-0.15, -0.1) is 0 Å². The smallest absolute Gasteiger partial charge is 0.359 e. The molecule has 0 aliphatic rings. The summed E-state index contributed by atoms with van der Waals surface area (Å²) in [4.78, 5) is 15.6. The van der Waals surface area contributed by atoms with Gasteiger partial charge in [0.25, 0.3) is 0 Å².